The fourth-order valence-corrected chi connectivity index (χ4v) is 1.23. The molecule has 0 atom stereocenters. The van der Waals surface area contributed by atoms with E-state index in [0.717, 1.165) is 0 Å². The monoisotopic (exact) mass is 223 g/mol. The average molecular weight is 223 g/mol. The summed E-state index contributed by atoms with van der Waals surface area (Å²) in [4.78, 5) is 21.8. The highest BCUT2D eigenvalue weighted by molar-refractivity contribution is 5.89. The molecule has 0 aliphatic carbocycles. The molecule has 0 saturated heterocycles. The number of carbonyl (C=O) groups is 2. The second kappa shape index (κ2) is 5.16. The zero-order valence-corrected chi connectivity index (χ0v) is 9.11. The summed E-state index contributed by atoms with van der Waals surface area (Å²) in [7, 11) is 0. The lowest BCUT2D eigenvalue weighted by Gasteiger charge is -1.97. The largest absolute Gasteiger partial charge is 0.478 e. The average Bonchev–Trinajstić information content (AvgIpc) is 2.57. The molecule has 0 spiro atoms. The topological polar surface area (TPSA) is 79.5 Å². The van der Waals surface area contributed by atoms with Gasteiger partial charge in [0.05, 0.1) is 6.54 Å². The predicted molar refractivity (Wildman–Crippen MR) is 57.1 cm³/mol. The summed E-state index contributed by atoms with van der Waals surface area (Å²) in [6, 6.07) is 1.41. The molecule has 0 saturated carbocycles. The minimum Gasteiger partial charge on any atom is -0.478 e. The molecule has 2 N–H and O–H groups in total. The number of carboxylic acid groups (broad SMARTS) is 1. The Morgan fingerprint density at radius 2 is 2.25 bits per heavy atom. The number of furan rings is 1. The second-order valence-corrected chi connectivity index (χ2v) is 3.21. The zero-order valence-electron chi connectivity index (χ0n) is 9.11. The Kier molecular flexibility index (Phi) is 3.88. The van der Waals surface area contributed by atoms with Crippen LogP contribution in [0.1, 0.15) is 28.8 Å². The van der Waals surface area contributed by atoms with Gasteiger partial charge in [0, 0.05) is 0 Å². The van der Waals surface area contributed by atoms with Crippen LogP contribution in [0.15, 0.2) is 22.6 Å². The molecule has 5 nitrogen and oxygen atoms in total. The first-order valence-electron chi connectivity index (χ1n) is 4.77. The molecule has 86 valence electrons. The molecule has 0 aromatic carbocycles. The van der Waals surface area contributed by atoms with Gasteiger partial charge in [0.15, 0.2) is 0 Å². The Bertz CT molecular complexity index is 431. The summed E-state index contributed by atoms with van der Waals surface area (Å²) in [5.41, 5.74) is 0.121. The van der Waals surface area contributed by atoms with Gasteiger partial charge >= 0.3 is 5.97 Å². The van der Waals surface area contributed by atoms with Crippen LogP contribution in [-0.4, -0.2) is 17.0 Å². The van der Waals surface area contributed by atoms with Crippen molar-refractivity contribution in [3.63, 3.8) is 0 Å². The van der Waals surface area contributed by atoms with Crippen molar-refractivity contribution in [3.8, 4) is 0 Å². The van der Waals surface area contributed by atoms with Crippen molar-refractivity contribution in [1.82, 2.24) is 5.32 Å². The van der Waals surface area contributed by atoms with Crippen LogP contribution < -0.4 is 5.32 Å². The number of allylic oxidation sites excluding steroid dienone is 1. The predicted octanol–water partition coefficient (Wildman–Crippen LogP) is 1.48. The maximum atomic E-state index is 11.1. The number of aryl methyl sites for hydroxylation is 1. The van der Waals surface area contributed by atoms with E-state index in [9.17, 15) is 9.59 Å². The van der Waals surface area contributed by atoms with Gasteiger partial charge < -0.3 is 14.8 Å². The third-order valence-electron chi connectivity index (χ3n) is 1.95. The molecule has 0 radical (unpaired) electrons. The third-order valence-corrected chi connectivity index (χ3v) is 1.95. The van der Waals surface area contributed by atoms with Gasteiger partial charge in [-0.2, -0.15) is 0 Å². The quantitative estimate of drug-likeness (QED) is 0.757. The Labute approximate surface area is 92.8 Å². The van der Waals surface area contributed by atoms with E-state index in [0.29, 0.717) is 11.5 Å². The van der Waals surface area contributed by atoms with Crippen LogP contribution in [0, 0.1) is 6.92 Å². The first-order valence-corrected chi connectivity index (χ1v) is 4.77. The Balaban J connectivity index is 2.65. The molecule has 0 aliphatic rings. The van der Waals surface area contributed by atoms with E-state index in [1.165, 1.54) is 12.1 Å². The van der Waals surface area contributed by atoms with E-state index in [-0.39, 0.29) is 18.0 Å². The first-order chi connectivity index (χ1) is 7.54. The summed E-state index contributed by atoms with van der Waals surface area (Å²) < 4.78 is 5.18. The highest BCUT2D eigenvalue weighted by atomic mass is 16.4. The van der Waals surface area contributed by atoms with E-state index >= 15 is 0 Å². The maximum Gasteiger partial charge on any atom is 0.339 e. The summed E-state index contributed by atoms with van der Waals surface area (Å²) in [5.74, 6) is -0.517. The molecule has 1 aromatic heterocycles. The van der Waals surface area contributed by atoms with Crippen molar-refractivity contribution in [3.05, 3.63) is 35.3 Å². The lowest BCUT2D eigenvalue weighted by atomic mass is 10.2. The molecule has 0 unspecified atom stereocenters. The number of aromatic carboxylic acids is 1. The Hall–Kier alpha value is -2.04. The minimum absolute atomic E-state index is 0.121. The van der Waals surface area contributed by atoms with Crippen molar-refractivity contribution in [2.75, 3.05) is 0 Å². The fourth-order valence-electron chi connectivity index (χ4n) is 1.23. The molecule has 0 aliphatic heterocycles. The number of amides is 1. The smallest absolute Gasteiger partial charge is 0.339 e. The molecule has 1 rings (SSSR count). The van der Waals surface area contributed by atoms with E-state index in [1.54, 1.807) is 19.9 Å². The molecule has 16 heavy (non-hydrogen) atoms. The van der Waals surface area contributed by atoms with Gasteiger partial charge in [-0.3, -0.25) is 4.79 Å². The van der Waals surface area contributed by atoms with Crippen LogP contribution in [-0.2, 0) is 11.3 Å². The van der Waals surface area contributed by atoms with Crippen molar-refractivity contribution in [2.45, 2.75) is 20.4 Å². The second-order valence-electron chi connectivity index (χ2n) is 3.21. The van der Waals surface area contributed by atoms with Crippen LogP contribution >= 0.6 is 0 Å². The van der Waals surface area contributed by atoms with Gasteiger partial charge in [0.2, 0.25) is 5.91 Å². The van der Waals surface area contributed by atoms with E-state index in [2.05, 4.69) is 5.32 Å². The normalized spacial score (nSPS) is 10.6. The standard InChI is InChI=1S/C11H13NO4/c1-3-4-10(13)12-6-8-5-9(11(14)15)7(2)16-8/h3-5H,6H2,1-2H3,(H,12,13)(H,14,15). The molecule has 1 heterocycles. The molecule has 0 bridgehead atoms. The number of carbonyl (C=O) groups excluding carboxylic acids is 1. The first kappa shape index (κ1) is 12.0. The number of hydrogen-bond acceptors (Lipinski definition) is 3. The number of rotatable bonds is 4. The van der Waals surface area contributed by atoms with Crippen molar-refractivity contribution < 1.29 is 19.1 Å². The third kappa shape index (κ3) is 2.98. The van der Waals surface area contributed by atoms with Crippen molar-refractivity contribution in [2.24, 2.45) is 0 Å². The number of carboxylic acids is 1. The van der Waals surface area contributed by atoms with Crippen molar-refractivity contribution in [1.29, 1.82) is 0 Å². The van der Waals surface area contributed by atoms with Gasteiger partial charge in [-0.15, -0.1) is 0 Å². The SMILES string of the molecule is CC=CC(=O)NCc1cc(C(=O)O)c(C)o1. The van der Waals surface area contributed by atoms with Crippen LogP contribution in [0.5, 0.6) is 0 Å². The highest BCUT2D eigenvalue weighted by Crippen LogP contribution is 2.14. The van der Waals surface area contributed by atoms with Crippen LogP contribution in [0.25, 0.3) is 0 Å². The lowest BCUT2D eigenvalue weighted by molar-refractivity contribution is -0.116. The van der Waals surface area contributed by atoms with Crippen LogP contribution in [0.3, 0.4) is 0 Å². The van der Waals surface area contributed by atoms with Gasteiger partial charge in [-0.1, -0.05) is 6.08 Å². The Morgan fingerprint density at radius 1 is 1.56 bits per heavy atom. The van der Waals surface area contributed by atoms with Crippen LogP contribution in [0.2, 0.25) is 0 Å². The molecule has 1 amide bonds. The van der Waals surface area contributed by atoms with E-state index in [1.807, 2.05) is 0 Å². The summed E-state index contributed by atoms with van der Waals surface area (Å²) >= 11 is 0. The minimum atomic E-state index is -1.03. The van der Waals surface area contributed by atoms with Gasteiger partial charge in [0.1, 0.15) is 17.1 Å². The lowest BCUT2D eigenvalue weighted by Crippen LogP contribution is -2.19. The van der Waals surface area contributed by atoms with Gasteiger partial charge in [-0.05, 0) is 26.0 Å². The van der Waals surface area contributed by atoms with Gasteiger partial charge in [0.25, 0.3) is 0 Å². The molecular formula is C11H13NO4. The number of nitrogens with one attached hydrogen (secondary N) is 1. The molecular weight excluding hydrogens is 210 g/mol. The highest BCUT2D eigenvalue weighted by Gasteiger charge is 2.13. The van der Waals surface area contributed by atoms with Crippen molar-refractivity contribution >= 4 is 11.9 Å². The van der Waals surface area contributed by atoms with Gasteiger partial charge in [-0.25, -0.2) is 4.79 Å². The van der Waals surface area contributed by atoms with E-state index < -0.39 is 5.97 Å². The number of hydrogen-bond donors (Lipinski definition) is 2. The van der Waals surface area contributed by atoms with E-state index in [4.69, 9.17) is 9.52 Å². The molecule has 0 fully saturated rings. The summed E-state index contributed by atoms with van der Waals surface area (Å²) in [6.07, 6.45) is 3.00. The zero-order chi connectivity index (χ0) is 12.1. The maximum absolute atomic E-state index is 11.1. The summed E-state index contributed by atoms with van der Waals surface area (Å²) in [5, 5.41) is 11.3. The fraction of sp³-hybridized carbons (Fsp3) is 0.273. The van der Waals surface area contributed by atoms with Crippen LogP contribution in [0.4, 0.5) is 0 Å². The molecule has 1 aromatic rings. The summed E-state index contributed by atoms with van der Waals surface area (Å²) in [6.45, 7) is 3.48. The Morgan fingerprint density at radius 3 is 2.75 bits per heavy atom. The molecule has 5 heteroatoms.